The van der Waals surface area contributed by atoms with Crippen LogP contribution in [0.3, 0.4) is 0 Å². The standard InChI is InChI=1S/C18H21N3O2S/c1-11-16(12(2)20-18(19-11)24-4)9-10-17(23)21-15-7-5-14(6-8-15)13(3)22/h5-8H,9-10H2,1-4H3,(H,21,23). The number of amides is 1. The molecular formula is C18H21N3O2S. The van der Waals surface area contributed by atoms with Crippen LogP contribution in [0.4, 0.5) is 5.69 Å². The lowest BCUT2D eigenvalue weighted by Gasteiger charge is -2.10. The van der Waals surface area contributed by atoms with Crippen LogP contribution in [-0.2, 0) is 11.2 Å². The van der Waals surface area contributed by atoms with Gasteiger partial charge in [0.1, 0.15) is 0 Å². The molecule has 5 nitrogen and oxygen atoms in total. The van der Waals surface area contributed by atoms with Gasteiger partial charge in [-0.15, -0.1) is 0 Å². The van der Waals surface area contributed by atoms with Gasteiger partial charge >= 0.3 is 0 Å². The third-order valence-corrected chi connectivity index (χ3v) is 4.31. The van der Waals surface area contributed by atoms with Crippen molar-refractivity contribution in [3.8, 4) is 0 Å². The molecule has 0 aliphatic carbocycles. The summed E-state index contributed by atoms with van der Waals surface area (Å²) in [4.78, 5) is 32.2. The third-order valence-electron chi connectivity index (χ3n) is 3.76. The number of thioether (sulfide) groups is 1. The number of hydrogen-bond donors (Lipinski definition) is 1. The Bertz CT molecular complexity index is 734. The van der Waals surface area contributed by atoms with Crippen molar-refractivity contribution < 1.29 is 9.59 Å². The Hall–Kier alpha value is -2.21. The second-order valence-corrected chi connectivity index (χ2v) is 6.31. The number of anilines is 1. The third kappa shape index (κ3) is 4.64. The first-order valence-corrected chi connectivity index (χ1v) is 8.92. The van der Waals surface area contributed by atoms with Crippen molar-refractivity contribution in [3.63, 3.8) is 0 Å². The molecule has 0 atom stereocenters. The molecule has 0 fully saturated rings. The van der Waals surface area contributed by atoms with Crippen molar-refractivity contribution in [2.24, 2.45) is 0 Å². The molecule has 0 bridgehead atoms. The highest BCUT2D eigenvalue weighted by Crippen LogP contribution is 2.17. The van der Waals surface area contributed by atoms with E-state index in [4.69, 9.17) is 0 Å². The summed E-state index contributed by atoms with van der Waals surface area (Å²) in [5, 5.41) is 3.60. The van der Waals surface area contributed by atoms with E-state index in [2.05, 4.69) is 15.3 Å². The van der Waals surface area contributed by atoms with E-state index in [1.165, 1.54) is 18.7 Å². The number of carbonyl (C=O) groups is 2. The van der Waals surface area contributed by atoms with Crippen LogP contribution in [0.1, 0.15) is 40.7 Å². The molecule has 0 aliphatic rings. The fraction of sp³-hybridized carbons (Fsp3) is 0.333. The summed E-state index contributed by atoms with van der Waals surface area (Å²) >= 11 is 1.51. The number of carbonyl (C=O) groups excluding carboxylic acids is 2. The molecule has 0 radical (unpaired) electrons. The highest BCUT2D eigenvalue weighted by Gasteiger charge is 2.11. The molecule has 126 valence electrons. The zero-order valence-electron chi connectivity index (χ0n) is 14.3. The predicted molar refractivity (Wildman–Crippen MR) is 96.7 cm³/mol. The van der Waals surface area contributed by atoms with Crippen LogP contribution in [0.25, 0.3) is 0 Å². The quantitative estimate of drug-likeness (QED) is 0.493. The Morgan fingerprint density at radius 2 is 1.67 bits per heavy atom. The Labute approximate surface area is 146 Å². The molecule has 0 aliphatic heterocycles. The Morgan fingerprint density at radius 1 is 1.08 bits per heavy atom. The molecule has 2 rings (SSSR count). The minimum absolute atomic E-state index is 0.00696. The van der Waals surface area contributed by atoms with E-state index in [-0.39, 0.29) is 11.7 Å². The van der Waals surface area contributed by atoms with Crippen LogP contribution in [-0.4, -0.2) is 27.9 Å². The van der Waals surface area contributed by atoms with Gasteiger partial charge in [0.25, 0.3) is 0 Å². The monoisotopic (exact) mass is 343 g/mol. The van der Waals surface area contributed by atoms with Crippen molar-refractivity contribution >= 4 is 29.1 Å². The van der Waals surface area contributed by atoms with E-state index in [9.17, 15) is 9.59 Å². The van der Waals surface area contributed by atoms with E-state index >= 15 is 0 Å². The molecule has 2 aromatic rings. The van der Waals surface area contributed by atoms with Gasteiger partial charge in [0.05, 0.1) is 0 Å². The fourth-order valence-corrected chi connectivity index (χ4v) is 2.87. The number of aromatic nitrogens is 2. The number of ketones is 1. The Morgan fingerprint density at radius 3 is 2.17 bits per heavy atom. The number of nitrogens with zero attached hydrogens (tertiary/aromatic N) is 2. The predicted octanol–water partition coefficient (Wildman–Crippen LogP) is 3.59. The van der Waals surface area contributed by atoms with Crippen LogP contribution < -0.4 is 5.32 Å². The molecule has 1 aromatic heterocycles. The molecule has 0 saturated carbocycles. The zero-order chi connectivity index (χ0) is 17.7. The maximum Gasteiger partial charge on any atom is 0.224 e. The second kappa shape index (κ2) is 8.06. The number of rotatable bonds is 6. The van der Waals surface area contributed by atoms with Crippen molar-refractivity contribution in [1.29, 1.82) is 0 Å². The smallest absolute Gasteiger partial charge is 0.224 e. The summed E-state index contributed by atoms with van der Waals surface area (Å²) in [6, 6.07) is 6.89. The first kappa shape index (κ1) is 18.1. The van der Waals surface area contributed by atoms with E-state index in [0.29, 0.717) is 24.1 Å². The minimum Gasteiger partial charge on any atom is -0.326 e. The summed E-state index contributed by atoms with van der Waals surface area (Å²) in [7, 11) is 0. The van der Waals surface area contributed by atoms with Gasteiger partial charge in [0, 0.05) is 29.1 Å². The lowest BCUT2D eigenvalue weighted by atomic mass is 10.1. The lowest BCUT2D eigenvalue weighted by molar-refractivity contribution is -0.116. The molecule has 0 saturated heterocycles. The van der Waals surface area contributed by atoms with Crippen LogP contribution in [0, 0.1) is 13.8 Å². The molecule has 0 spiro atoms. The maximum atomic E-state index is 12.1. The average molecular weight is 343 g/mol. The second-order valence-electron chi connectivity index (χ2n) is 5.54. The van der Waals surface area contributed by atoms with Crippen LogP contribution >= 0.6 is 11.8 Å². The van der Waals surface area contributed by atoms with E-state index < -0.39 is 0 Å². The molecule has 0 unspecified atom stereocenters. The molecule has 1 aromatic carbocycles. The normalized spacial score (nSPS) is 10.5. The highest BCUT2D eigenvalue weighted by atomic mass is 32.2. The summed E-state index contributed by atoms with van der Waals surface area (Å²) in [6.45, 7) is 5.41. The van der Waals surface area contributed by atoms with Crippen molar-refractivity contribution in [3.05, 3.63) is 46.8 Å². The summed E-state index contributed by atoms with van der Waals surface area (Å²) in [5.74, 6) is -0.0640. The van der Waals surface area contributed by atoms with Crippen LogP contribution in [0.2, 0.25) is 0 Å². The van der Waals surface area contributed by atoms with E-state index in [1.54, 1.807) is 24.3 Å². The van der Waals surface area contributed by atoms with Crippen LogP contribution in [0.5, 0.6) is 0 Å². The molecule has 24 heavy (non-hydrogen) atoms. The number of aryl methyl sites for hydroxylation is 2. The summed E-state index contributed by atoms with van der Waals surface area (Å²) in [5.41, 5.74) is 4.18. The van der Waals surface area contributed by atoms with Crippen molar-refractivity contribution in [2.75, 3.05) is 11.6 Å². The highest BCUT2D eigenvalue weighted by molar-refractivity contribution is 7.98. The molecule has 6 heteroatoms. The van der Waals surface area contributed by atoms with Gasteiger partial charge in [-0.05, 0) is 63.3 Å². The molecular weight excluding hydrogens is 322 g/mol. The van der Waals surface area contributed by atoms with Gasteiger partial charge in [0.2, 0.25) is 5.91 Å². The largest absolute Gasteiger partial charge is 0.326 e. The lowest BCUT2D eigenvalue weighted by Crippen LogP contribution is -2.13. The fourth-order valence-electron chi connectivity index (χ4n) is 2.41. The SMILES string of the molecule is CSc1nc(C)c(CCC(=O)Nc2ccc(C(C)=O)cc2)c(C)n1. The number of nitrogens with one attached hydrogen (secondary N) is 1. The maximum absolute atomic E-state index is 12.1. The van der Waals surface area contributed by atoms with Crippen molar-refractivity contribution in [2.45, 2.75) is 38.8 Å². The minimum atomic E-state index is -0.0710. The number of Topliss-reactive ketones (excluding diaryl/α,β-unsaturated/α-hetero) is 1. The Kier molecular flexibility index (Phi) is 6.09. The molecule has 1 N–H and O–H groups in total. The van der Waals surface area contributed by atoms with Gasteiger partial charge in [0.15, 0.2) is 10.9 Å². The van der Waals surface area contributed by atoms with Crippen LogP contribution in [0.15, 0.2) is 29.4 Å². The first-order valence-electron chi connectivity index (χ1n) is 7.69. The van der Waals surface area contributed by atoms with Gasteiger partial charge in [-0.25, -0.2) is 9.97 Å². The topological polar surface area (TPSA) is 72.0 Å². The average Bonchev–Trinajstić information content (AvgIpc) is 2.54. The molecule has 1 heterocycles. The zero-order valence-corrected chi connectivity index (χ0v) is 15.2. The van der Waals surface area contributed by atoms with Crippen molar-refractivity contribution in [1.82, 2.24) is 9.97 Å². The number of hydrogen-bond acceptors (Lipinski definition) is 5. The van der Waals surface area contributed by atoms with Gasteiger partial charge < -0.3 is 5.32 Å². The van der Waals surface area contributed by atoms with Gasteiger partial charge in [-0.3, -0.25) is 9.59 Å². The number of benzene rings is 1. The first-order chi connectivity index (χ1) is 11.4. The summed E-state index contributed by atoms with van der Waals surface area (Å²) < 4.78 is 0. The van der Waals surface area contributed by atoms with Gasteiger partial charge in [-0.1, -0.05) is 11.8 Å². The molecule has 1 amide bonds. The van der Waals surface area contributed by atoms with Gasteiger partial charge in [-0.2, -0.15) is 0 Å². The van der Waals surface area contributed by atoms with E-state index in [0.717, 1.165) is 22.1 Å². The van der Waals surface area contributed by atoms with E-state index in [1.807, 2.05) is 20.1 Å². The summed E-state index contributed by atoms with van der Waals surface area (Å²) in [6.07, 6.45) is 2.90. The Balaban J connectivity index is 1.97.